The Hall–Kier alpha value is -1.51. The maximum absolute atomic E-state index is 11.3. The SMILES string of the molecule is CCC(=O)Nc1ccc(NC2CCCC(C)C2)cc1. The second kappa shape index (κ2) is 6.60. The zero-order valence-corrected chi connectivity index (χ0v) is 11.9. The highest BCUT2D eigenvalue weighted by Crippen LogP contribution is 2.26. The predicted molar refractivity (Wildman–Crippen MR) is 80.4 cm³/mol. The first-order chi connectivity index (χ1) is 9.17. The van der Waals surface area contributed by atoms with Crippen molar-refractivity contribution in [1.29, 1.82) is 0 Å². The largest absolute Gasteiger partial charge is 0.382 e. The van der Waals surface area contributed by atoms with Crippen molar-refractivity contribution in [1.82, 2.24) is 0 Å². The van der Waals surface area contributed by atoms with E-state index in [1.165, 1.54) is 25.7 Å². The van der Waals surface area contributed by atoms with E-state index < -0.39 is 0 Å². The molecule has 2 rings (SSSR count). The van der Waals surface area contributed by atoms with Crippen molar-refractivity contribution in [2.24, 2.45) is 5.92 Å². The van der Waals surface area contributed by atoms with Gasteiger partial charge in [-0.3, -0.25) is 4.79 Å². The Bertz CT molecular complexity index is 413. The Kier molecular flexibility index (Phi) is 4.83. The summed E-state index contributed by atoms with van der Waals surface area (Å²) in [5.41, 5.74) is 2.02. The lowest BCUT2D eigenvalue weighted by Crippen LogP contribution is -2.26. The van der Waals surface area contributed by atoms with Crippen LogP contribution >= 0.6 is 0 Å². The minimum absolute atomic E-state index is 0.0572. The Labute approximate surface area is 115 Å². The normalized spacial score (nSPS) is 22.8. The highest BCUT2D eigenvalue weighted by molar-refractivity contribution is 5.90. The average Bonchev–Trinajstić information content (AvgIpc) is 2.41. The lowest BCUT2D eigenvalue weighted by atomic mass is 9.87. The number of anilines is 2. The summed E-state index contributed by atoms with van der Waals surface area (Å²) in [6, 6.07) is 8.61. The van der Waals surface area contributed by atoms with Gasteiger partial charge in [0.15, 0.2) is 0 Å². The van der Waals surface area contributed by atoms with Crippen molar-refractivity contribution in [3.8, 4) is 0 Å². The molecular weight excluding hydrogens is 236 g/mol. The number of nitrogens with one attached hydrogen (secondary N) is 2. The van der Waals surface area contributed by atoms with Gasteiger partial charge in [-0.25, -0.2) is 0 Å². The minimum Gasteiger partial charge on any atom is -0.382 e. The van der Waals surface area contributed by atoms with E-state index in [-0.39, 0.29) is 5.91 Å². The summed E-state index contributed by atoms with van der Waals surface area (Å²) in [5, 5.41) is 6.46. The van der Waals surface area contributed by atoms with Crippen molar-refractivity contribution in [3.05, 3.63) is 24.3 Å². The summed E-state index contributed by atoms with van der Waals surface area (Å²) in [6.45, 7) is 4.19. The summed E-state index contributed by atoms with van der Waals surface area (Å²) < 4.78 is 0. The summed E-state index contributed by atoms with van der Waals surface area (Å²) in [5.74, 6) is 0.885. The van der Waals surface area contributed by atoms with Crippen LogP contribution in [0.15, 0.2) is 24.3 Å². The molecule has 1 aliphatic rings. The monoisotopic (exact) mass is 260 g/mol. The van der Waals surface area contributed by atoms with Crippen LogP contribution in [0.2, 0.25) is 0 Å². The van der Waals surface area contributed by atoms with Crippen LogP contribution in [0.3, 0.4) is 0 Å². The van der Waals surface area contributed by atoms with E-state index in [0.717, 1.165) is 17.3 Å². The first-order valence-corrected chi connectivity index (χ1v) is 7.34. The third-order valence-electron chi connectivity index (χ3n) is 3.80. The smallest absolute Gasteiger partial charge is 0.224 e. The van der Waals surface area contributed by atoms with Gasteiger partial charge in [-0.05, 0) is 43.0 Å². The standard InChI is InChI=1S/C16H24N2O/c1-3-16(19)18-14-9-7-13(8-10-14)17-15-6-4-5-12(2)11-15/h7-10,12,15,17H,3-6,11H2,1-2H3,(H,18,19). The highest BCUT2D eigenvalue weighted by Gasteiger charge is 2.18. The van der Waals surface area contributed by atoms with Crippen LogP contribution in [0.4, 0.5) is 11.4 Å². The van der Waals surface area contributed by atoms with E-state index in [0.29, 0.717) is 12.5 Å². The molecule has 0 radical (unpaired) electrons. The van der Waals surface area contributed by atoms with E-state index in [9.17, 15) is 4.79 Å². The topological polar surface area (TPSA) is 41.1 Å². The van der Waals surface area contributed by atoms with E-state index >= 15 is 0 Å². The van der Waals surface area contributed by atoms with Crippen molar-refractivity contribution in [2.75, 3.05) is 10.6 Å². The zero-order chi connectivity index (χ0) is 13.7. The van der Waals surface area contributed by atoms with Gasteiger partial charge in [0.25, 0.3) is 0 Å². The molecule has 0 aliphatic heterocycles. The van der Waals surface area contributed by atoms with Gasteiger partial charge in [-0.1, -0.05) is 26.7 Å². The molecule has 0 aromatic heterocycles. The molecule has 1 aromatic rings. The second-order valence-corrected chi connectivity index (χ2v) is 5.59. The van der Waals surface area contributed by atoms with Gasteiger partial charge in [0.1, 0.15) is 0 Å². The molecule has 0 bridgehead atoms. The van der Waals surface area contributed by atoms with Crippen LogP contribution in [0.1, 0.15) is 46.0 Å². The summed E-state index contributed by atoms with van der Waals surface area (Å²) >= 11 is 0. The summed E-state index contributed by atoms with van der Waals surface area (Å²) in [7, 11) is 0. The van der Waals surface area contributed by atoms with Crippen LogP contribution in [0, 0.1) is 5.92 Å². The molecule has 1 aromatic carbocycles. The molecule has 1 saturated carbocycles. The van der Waals surface area contributed by atoms with Gasteiger partial charge >= 0.3 is 0 Å². The van der Waals surface area contributed by atoms with Crippen LogP contribution < -0.4 is 10.6 Å². The third kappa shape index (κ3) is 4.27. The highest BCUT2D eigenvalue weighted by atomic mass is 16.1. The van der Waals surface area contributed by atoms with Crippen LogP contribution in [-0.4, -0.2) is 11.9 Å². The number of rotatable bonds is 4. The van der Waals surface area contributed by atoms with E-state index in [1.54, 1.807) is 0 Å². The van der Waals surface area contributed by atoms with Crippen molar-refractivity contribution in [3.63, 3.8) is 0 Å². The van der Waals surface area contributed by atoms with Gasteiger partial charge in [-0.15, -0.1) is 0 Å². The Morgan fingerprint density at radius 2 is 1.89 bits per heavy atom. The van der Waals surface area contributed by atoms with E-state index in [1.807, 2.05) is 31.2 Å². The lowest BCUT2D eigenvalue weighted by molar-refractivity contribution is -0.115. The Balaban J connectivity index is 1.89. The van der Waals surface area contributed by atoms with Gasteiger partial charge in [-0.2, -0.15) is 0 Å². The van der Waals surface area contributed by atoms with Crippen LogP contribution in [-0.2, 0) is 4.79 Å². The fourth-order valence-electron chi connectivity index (χ4n) is 2.70. The first kappa shape index (κ1) is 13.9. The number of carbonyl (C=O) groups excluding carboxylic acids is 1. The number of carbonyl (C=O) groups is 1. The molecule has 1 aliphatic carbocycles. The minimum atomic E-state index is 0.0572. The average molecular weight is 260 g/mol. The number of amides is 1. The maximum atomic E-state index is 11.3. The predicted octanol–water partition coefficient (Wildman–Crippen LogP) is 4.03. The van der Waals surface area contributed by atoms with Crippen molar-refractivity contribution >= 4 is 17.3 Å². The van der Waals surface area contributed by atoms with Crippen molar-refractivity contribution < 1.29 is 4.79 Å². The third-order valence-corrected chi connectivity index (χ3v) is 3.80. The van der Waals surface area contributed by atoms with Gasteiger partial charge in [0.2, 0.25) is 5.91 Å². The van der Waals surface area contributed by atoms with Gasteiger partial charge in [0.05, 0.1) is 0 Å². The molecule has 2 unspecified atom stereocenters. The molecule has 0 saturated heterocycles. The van der Waals surface area contributed by atoms with Crippen molar-refractivity contribution in [2.45, 2.75) is 52.0 Å². The number of benzene rings is 1. The fourth-order valence-corrected chi connectivity index (χ4v) is 2.70. The fraction of sp³-hybridized carbons (Fsp3) is 0.562. The molecule has 2 N–H and O–H groups in total. The molecule has 1 amide bonds. The van der Waals surface area contributed by atoms with Gasteiger partial charge in [0, 0.05) is 23.8 Å². The molecule has 3 heteroatoms. The summed E-state index contributed by atoms with van der Waals surface area (Å²) in [6.07, 6.45) is 5.72. The molecule has 2 atom stereocenters. The second-order valence-electron chi connectivity index (χ2n) is 5.59. The number of hydrogen-bond acceptors (Lipinski definition) is 2. The molecular formula is C16H24N2O. The Morgan fingerprint density at radius 1 is 1.21 bits per heavy atom. The molecule has 19 heavy (non-hydrogen) atoms. The number of hydrogen-bond donors (Lipinski definition) is 2. The van der Waals surface area contributed by atoms with E-state index in [2.05, 4.69) is 17.6 Å². The van der Waals surface area contributed by atoms with Crippen LogP contribution in [0.5, 0.6) is 0 Å². The quantitative estimate of drug-likeness (QED) is 0.858. The summed E-state index contributed by atoms with van der Waals surface area (Å²) in [4.78, 5) is 11.3. The molecule has 1 fully saturated rings. The molecule has 0 heterocycles. The molecule has 104 valence electrons. The maximum Gasteiger partial charge on any atom is 0.224 e. The zero-order valence-electron chi connectivity index (χ0n) is 11.9. The molecule has 3 nitrogen and oxygen atoms in total. The van der Waals surface area contributed by atoms with E-state index in [4.69, 9.17) is 0 Å². The Morgan fingerprint density at radius 3 is 2.53 bits per heavy atom. The van der Waals surface area contributed by atoms with Gasteiger partial charge < -0.3 is 10.6 Å². The lowest BCUT2D eigenvalue weighted by Gasteiger charge is -2.28. The van der Waals surface area contributed by atoms with Crippen LogP contribution in [0.25, 0.3) is 0 Å². The first-order valence-electron chi connectivity index (χ1n) is 7.34. The molecule has 0 spiro atoms.